The SMILES string of the molecule is O=C1CC(C(=O)Nc2ccc3c(c2)OCCO3)n2nc(-c3cccnc3)nc2N1. The second kappa shape index (κ2) is 6.89. The number of amides is 2. The first kappa shape index (κ1) is 17.2. The Kier molecular flexibility index (Phi) is 4.08. The molecule has 2 aliphatic heterocycles. The van der Waals surface area contributed by atoms with Crippen LogP contribution in [0.4, 0.5) is 11.6 Å². The summed E-state index contributed by atoms with van der Waals surface area (Å²) in [4.78, 5) is 33.4. The topological polar surface area (TPSA) is 120 Å². The van der Waals surface area contributed by atoms with Crippen molar-refractivity contribution in [2.75, 3.05) is 23.8 Å². The van der Waals surface area contributed by atoms with E-state index in [0.717, 1.165) is 0 Å². The van der Waals surface area contributed by atoms with Crippen LogP contribution in [0.5, 0.6) is 11.5 Å². The number of anilines is 2. The maximum absolute atomic E-state index is 12.9. The number of fused-ring (bicyclic) bond motifs is 2. The Morgan fingerprint density at radius 1 is 1.21 bits per heavy atom. The highest BCUT2D eigenvalue weighted by Crippen LogP contribution is 2.33. The molecule has 4 heterocycles. The second-order valence-corrected chi connectivity index (χ2v) is 6.56. The fourth-order valence-electron chi connectivity index (χ4n) is 3.23. The molecule has 0 saturated heterocycles. The molecular formula is C19H16N6O4. The van der Waals surface area contributed by atoms with Crippen LogP contribution in [0, 0.1) is 0 Å². The van der Waals surface area contributed by atoms with E-state index in [9.17, 15) is 9.59 Å². The van der Waals surface area contributed by atoms with Crippen molar-refractivity contribution in [3.63, 3.8) is 0 Å². The molecule has 0 spiro atoms. The van der Waals surface area contributed by atoms with E-state index in [4.69, 9.17) is 9.47 Å². The fourth-order valence-corrected chi connectivity index (χ4v) is 3.23. The number of nitrogens with one attached hydrogen (secondary N) is 2. The summed E-state index contributed by atoms with van der Waals surface area (Å²) in [6.07, 6.45) is 3.22. The van der Waals surface area contributed by atoms with Crippen molar-refractivity contribution in [2.45, 2.75) is 12.5 Å². The standard InChI is InChI=1S/C19H16N6O4/c26-16-9-13(18(27)21-12-3-4-14-15(8-12)29-7-6-28-14)25-19(22-16)23-17(24-25)11-2-1-5-20-10-11/h1-5,8,10,13H,6-7,9H2,(H,21,27)(H,22,23,24,26). The smallest absolute Gasteiger partial charge is 0.249 e. The quantitative estimate of drug-likeness (QED) is 0.695. The highest BCUT2D eigenvalue weighted by atomic mass is 16.6. The van der Waals surface area contributed by atoms with Crippen molar-refractivity contribution in [3.05, 3.63) is 42.7 Å². The van der Waals surface area contributed by atoms with Crippen LogP contribution in [-0.2, 0) is 9.59 Å². The first-order valence-electron chi connectivity index (χ1n) is 9.05. The minimum atomic E-state index is -0.829. The zero-order valence-corrected chi connectivity index (χ0v) is 15.2. The van der Waals surface area contributed by atoms with Gasteiger partial charge in [-0.2, -0.15) is 4.98 Å². The zero-order chi connectivity index (χ0) is 19.8. The monoisotopic (exact) mass is 392 g/mol. The van der Waals surface area contributed by atoms with Crippen molar-refractivity contribution in [1.82, 2.24) is 19.7 Å². The first-order valence-corrected chi connectivity index (χ1v) is 9.05. The van der Waals surface area contributed by atoms with E-state index in [-0.39, 0.29) is 24.2 Å². The third-order valence-electron chi connectivity index (χ3n) is 4.59. The van der Waals surface area contributed by atoms with Gasteiger partial charge in [0.25, 0.3) is 0 Å². The van der Waals surface area contributed by atoms with Gasteiger partial charge in [-0.05, 0) is 24.3 Å². The van der Waals surface area contributed by atoms with E-state index in [1.807, 2.05) is 0 Å². The molecule has 0 aliphatic carbocycles. The van der Waals surface area contributed by atoms with Crippen molar-refractivity contribution in [2.24, 2.45) is 0 Å². The van der Waals surface area contributed by atoms with Crippen molar-refractivity contribution >= 4 is 23.5 Å². The van der Waals surface area contributed by atoms with Gasteiger partial charge in [0.15, 0.2) is 17.3 Å². The maximum Gasteiger partial charge on any atom is 0.249 e. The molecule has 0 fully saturated rings. The predicted octanol–water partition coefficient (Wildman–Crippen LogP) is 1.63. The van der Waals surface area contributed by atoms with E-state index in [1.165, 1.54) is 4.68 Å². The molecular weight excluding hydrogens is 376 g/mol. The summed E-state index contributed by atoms with van der Waals surface area (Å²) in [5.41, 5.74) is 1.23. The number of hydrogen-bond acceptors (Lipinski definition) is 7. The Balaban J connectivity index is 1.42. The van der Waals surface area contributed by atoms with Crippen LogP contribution in [0.2, 0.25) is 0 Å². The molecule has 0 radical (unpaired) electrons. The van der Waals surface area contributed by atoms with Gasteiger partial charge in [0, 0.05) is 29.7 Å². The lowest BCUT2D eigenvalue weighted by Gasteiger charge is -2.23. The zero-order valence-electron chi connectivity index (χ0n) is 15.2. The number of aromatic nitrogens is 4. The third-order valence-corrected chi connectivity index (χ3v) is 4.59. The van der Waals surface area contributed by atoms with Crippen LogP contribution in [0.1, 0.15) is 12.5 Å². The van der Waals surface area contributed by atoms with Crippen molar-refractivity contribution in [1.29, 1.82) is 0 Å². The average molecular weight is 392 g/mol. The summed E-state index contributed by atoms with van der Waals surface area (Å²) in [7, 11) is 0. The molecule has 1 atom stereocenters. The highest BCUT2D eigenvalue weighted by molar-refractivity contribution is 6.01. The molecule has 0 bridgehead atoms. The molecule has 10 nitrogen and oxygen atoms in total. The molecule has 2 amide bonds. The Labute approximate surface area is 164 Å². The lowest BCUT2D eigenvalue weighted by molar-refractivity contribution is -0.125. The van der Waals surface area contributed by atoms with Gasteiger partial charge in [-0.3, -0.25) is 19.9 Å². The predicted molar refractivity (Wildman–Crippen MR) is 102 cm³/mol. The Bertz CT molecular complexity index is 1100. The molecule has 2 N–H and O–H groups in total. The van der Waals surface area contributed by atoms with Gasteiger partial charge in [-0.25, -0.2) is 4.68 Å². The summed E-state index contributed by atoms with van der Waals surface area (Å²) in [6.45, 7) is 0.941. The normalized spacial score (nSPS) is 17.2. The number of nitrogens with zero attached hydrogens (tertiary/aromatic N) is 4. The molecule has 2 aromatic heterocycles. The summed E-state index contributed by atoms with van der Waals surface area (Å²) < 4.78 is 12.5. The summed E-state index contributed by atoms with van der Waals surface area (Å²) in [6, 6.07) is 7.89. The van der Waals surface area contributed by atoms with Crippen LogP contribution in [0.25, 0.3) is 11.4 Å². The molecule has 1 aromatic carbocycles. The van der Waals surface area contributed by atoms with E-state index < -0.39 is 6.04 Å². The van der Waals surface area contributed by atoms with Gasteiger partial charge in [0.1, 0.15) is 19.3 Å². The van der Waals surface area contributed by atoms with Gasteiger partial charge >= 0.3 is 0 Å². The minimum absolute atomic E-state index is 0.0424. The van der Waals surface area contributed by atoms with E-state index in [0.29, 0.717) is 41.8 Å². The Morgan fingerprint density at radius 3 is 2.90 bits per heavy atom. The van der Waals surface area contributed by atoms with Crippen molar-refractivity contribution < 1.29 is 19.1 Å². The van der Waals surface area contributed by atoms with Gasteiger partial charge in [0.05, 0.1) is 6.42 Å². The van der Waals surface area contributed by atoms with Crippen LogP contribution in [0.3, 0.4) is 0 Å². The molecule has 146 valence electrons. The molecule has 5 rings (SSSR count). The van der Waals surface area contributed by atoms with E-state index in [2.05, 4.69) is 25.7 Å². The molecule has 1 unspecified atom stereocenters. The summed E-state index contributed by atoms with van der Waals surface area (Å²) in [5, 5.41) is 9.89. The number of benzene rings is 1. The van der Waals surface area contributed by atoms with Crippen molar-refractivity contribution in [3.8, 4) is 22.9 Å². The minimum Gasteiger partial charge on any atom is -0.486 e. The third kappa shape index (κ3) is 3.24. The fraction of sp³-hybridized carbons (Fsp3) is 0.211. The van der Waals surface area contributed by atoms with Crippen LogP contribution in [-0.4, -0.2) is 44.8 Å². The van der Waals surface area contributed by atoms with Gasteiger partial charge in [-0.15, -0.1) is 5.10 Å². The number of rotatable bonds is 3. The average Bonchev–Trinajstić information content (AvgIpc) is 3.17. The van der Waals surface area contributed by atoms with E-state index in [1.54, 1.807) is 42.7 Å². The van der Waals surface area contributed by atoms with Gasteiger partial charge in [0.2, 0.25) is 17.8 Å². The largest absolute Gasteiger partial charge is 0.486 e. The molecule has 10 heteroatoms. The van der Waals surface area contributed by atoms with E-state index >= 15 is 0 Å². The van der Waals surface area contributed by atoms with Crippen LogP contribution in [0.15, 0.2) is 42.7 Å². The molecule has 0 saturated carbocycles. The first-order chi connectivity index (χ1) is 14.2. The second-order valence-electron chi connectivity index (χ2n) is 6.56. The number of pyridine rings is 1. The summed E-state index contributed by atoms with van der Waals surface area (Å²) in [5.74, 6) is 1.13. The number of ether oxygens (including phenoxy) is 2. The van der Waals surface area contributed by atoms with Gasteiger partial charge < -0.3 is 14.8 Å². The molecule has 2 aliphatic rings. The molecule has 3 aromatic rings. The maximum atomic E-state index is 12.9. The Morgan fingerprint density at radius 2 is 2.07 bits per heavy atom. The lowest BCUT2D eigenvalue weighted by atomic mass is 10.1. The summed E-state index contributed by atoms with van der Waals surface area (Å²) >= 11 is 0. The number of carbonyl (C=O) groups is 2. The Hall–Kier alpha value is -3.95. The van der Waals surface area contributed by atoms with Crippen LogP contribution < -0.4 is 20.1 Å². The van der Waals surface area contributed by atoms with Gasteiger partial charge in [-0.1, -0.05) is 0 Å². The lowest BCUT2D eigenvalue weighted by Crippen LogP contribution is -2.36. The highest BCUT2D eigenvalue weighted by Gasteiger charge is 2.33. The number of carbonyl (C=O) groups excluding carboxylic acids is 2. The van der Waals surface area contributed by atoms with Crippen LogP contribution >= 0.6 is 0 Å². The number of hydrogen-bond donors (Lipinski definition) is 2. The molecule has 29 heavy (non-hydrogen) atoms.